The van der Waals surface area contributed by atoms with Crippen LogP contribution in [0.4, 0.5) is 4.39 Å². The number of carbonyl (C=O) groups is 2. The van der Waals surface area contributed by atoms with Crippen molar-refractivity contribution in [3.8, 4) is 5.75 Å². The highest BCUT2D eigenvalue weighted by Crippen LogP contribution is 2.29. The third kappa shape index (κ3) is 1.69. The van der Waals surface area contributed by atoms with Crippen LogP contribution in [0.2, 0.25) is 0 Å². The Kier molecular flexibility index (Phi) is 2.47. The van der Waals surface area contributed by atoms with Crippen LogP contribution in [-0.4, -0.2) is 27.2 Å². The molecule has 2 N–H and O–H groups in total. The van der Waals surface area contributed by atoms with Crippen molar-refractivity contribution < 1.29 is 24.2 Å². The Morgan fingerprint density at radius 3 is 2.53 bits per heavy atom. The predicted molar refractivity (Wildman–Crippen MR) is 55.8 cm³/mol. The Bertz CT molecular complexity index is 639. The molecule has 2 aromatic rings. The van der Waals surface area contributed by atoms with Crippen molar-refractivity contribution in [1.29, 1.82) is 0 Å². The molecule has 2 rings (SSSR count). The molecule has 0 spiro atoms. The van der Waals surface area contributed by atoms with Crippen molar-refractivity contribution >= 4 is 22.9 Å². The lowest BCUT2D eigenvalue weighted by atomic mass is 10.1. The van der Waals surface area contributed by atoms with Crippen LogP contribution in [0.15, 0.2) is 24.4 Å². The van der Waals surface area contributed by atoms with E-state index in [1.807, 2.05) is 0 Å². The number of aromatic nitrogens is 1. The molecule has 0 unspecified atom stereocenters. The molecule has 0 aliphatic rings. The topological polar surface area (TPSA) is 87.5 Å². The number of halogens is 1. The first kappa shape index (κ1) is 11.0. The van der Waals surface area contributed by atoms with Crippen molar-refractivity contribution in [3.05, 3.63) is 35.5 Å². The van der Waals surface area contributed by atoms with E-state index in [-0.39, 0.29) is 16.5 Å². The van der Waals surface area contributed by atoms with E-state index in [1.54, 1.807) is 0 Å². The fourth-order valence-corrected chi connectivity index (χ4v) is 1.52. The van der Waals surface area contributed by atoms with E-state index in [1.165, 1.54) is 18.2 Å². The van der Waals surface area contributed by atoms with Crippen molar-refractivity contribution in [2.45, 2.75) is 0 Å². The molecule has 1 aromatic heterocycles. The number of fused-ring (bicyclic) bond motifs is 1. The predicted octanol–water partition coefficient (Wildman–Crippen LogP) is 1.75. The molecule has 0 aliphatic heterocycles. The van der Waals surface area contributed by atoms with Gasteiger partial charge in [-0.1, -0.05) is 6.07 Å². The van der Waals surface area contributed by atoms with Gasteiger partial charge in [-0.15, -0.1) is 0 Å². The summed E-state index contributed by atoms with van der Waals surface area (Å²) in [5.41, 5.74) is -0.779. The van der Waals surface area contributed by atoms with Gasteiger partial charge in [-0.25, -0.2) is 4.79 Å². The molecule has 0 fully saturated rings. The fraction of sp³-hybridized carbons (Fsp3) is 0. The molecular formula is C11H6FNO4. The highest BCUT2D eigenvalue weighted by atomic mass is 19.1. The summed E-state index contributed by atoms with van der Waals surface area (Å²) in [5, 5.41) is 18.5. The lowest BCUT2D eigenvalue weighted by molar-refractivity contribution is 0.0693. The van der Waals surface area contributed by atoms with Crippen LogP contribution in [0.3, 0.4) is 0 Å². The molecule has 0 saturated carbocycles. The zero-order valence-electron chi connectivity index (χ0n) is 8.35. The summed E-state index contributed by atoms with van der Waals surface area (Å²) in [5.74, 6) is -1.89. The standard InChI is InChI=1S/C11H6FNO4/c12-10(15)6-3-1-2-5-8(6)13-4-7(9(5)14)11(16)17/h1-4H,(H,13,14)(H,16,17). The maximum Gasteiger partial charge on any atom is 0.341 e. The zero-order chi connectivity index (χ0) is 12.6. The lowest BCUT2D eigenvalue weighted by Crippen LogP contribution is -2.00. The van der Waals surface area contributed by atoms with Crippen molar-refractivity contribution in [1.82, 2.24) is 4.98 Å². The van der Waals surface area contributed by atoms with E-state index < -0.39 is 23.3 Å². The molecule has 6 heteroatoms. The Hall–Kier alpha value is -2.50. The molecule has 0 saturated heterocycles. The van der Waals surface area contributed by atoms with Crippen molar-refractivity contribution in [2.24, 2.45) is 0 Å². The SMILES string of the molecule is O=C(O)c1cnc2c(C(=O)F)cccc2c1O. The number of carbonyl (C=O) groups excluding carboxylic acids is 1. The summed E-state index contributed by atoms with van der Waals surface area (Å²) in [7, 11) is 0. The van der Waals surface area contributed by atoms with Crippen LogP contribution >= 0.6 is 0 Å². The van der Waals surface area contributed by atoms with Gasteiger partial charge in [0, 0.05) is 11.6 Å². The third-order valence-corrected chi connectivity index (χ3v) is 2.31. The van der Waals surface area contributed by atoms with Gasteiger partial charge in [0.15, 0.2) is 0 Å². The van der Waals surface area contributed by atoms with Crippen LogP contribution in [-0.2, 0) is 0 Å². The molecule has 0 bridgehead atoms. The van der Waals surface area contributed by atoms with Gasteiger partial charge in [0.25, 0.3) is 0 Å². The van der Waals surface area contributed by atoms with Gasteiger partial charge in [-0.05, 0) is 12.1 Å². The first-order valence-corrected chi connectivity index (χ1v) is 4.56. The smallest absolute Gasteiger partial charge is 0.341 e. The maximum absolute atomic E-state index is 12.7. The van der Waals surface area contributed by atoms with E-state index in [4.69, 9.17) is 5.11 Å². The second kappa shape index (κ2) is 3.82. The highest BCUT2D eigenvalue weighted by molar-refractivity contribution is 6.06. The van der Waals surface area contributed by atoms with Crippen LogP contribution in [0.25, 0.3) is 10.9 Å². The molecule has 0 atom stereocenters. The number of carboxylic acids is 1. The maximum atomic E-state index is 12.7. The molecule has 0 radical (unpaired) electrons. The van der Waals surface area contributed by atoms with Gasteiger partial charge in [-0.3, -0.25) is 9.78 Å². The lowest BCUT2D eigenvalue weighted by Gasteiger charge is -2.05. The average Bonchev–Trinajstić information content (AvgIpc) is 2.28. The van der Waals surface area contributed by atoms with Gasteiger partial charge in [-0.2, -0.15) is 4.39 Å². The van der Waals surface area contributed by atoms with E-state index in [9.17, 15) is 19.1 Å². The number of para-hydroxylation sites is 1. The number of rotatable bonds is 2. The van der Waals surface area contributed by atoms with Gasteiger partial charge in [0.2, 0.25) is 0 Å². The quantitative estimate of drug-likeness (QED) is 0.774. The minimum absolute atomic E-state index is 0.0217. The first-order chi connectivity index (χ1) is 8.02. The van der Waals surface area contributed by atoms with Crippen molar-refractivity contribution in [2.75, 3.05) is 0 Å². The number of carboxylic acid groups (broad SMARTS) is 1. The summed E-state index contributed by atoms with van der Waals surface area (Å²) in [6.07, 6.45) is 0.881. The van der Waals surface area contributed by atoms with Gasteiger partial charge >= 0.3 is 12.0 Å². The monoisotopic (exact) mass is 235 g/mol. The highest BCUT2D eigenvalue weighted by Gasteiger charge is 2.17. The number of aromatic carboxylic acids is 1. The summed E-state index contributed by atoms with van der Waals surface area (Å²) < 4.78 is 12.7. The Balaban J connectivity index is 2.85. The number of nitrogens with zero attached hydrogens (tertiary/aromatic N) is 1. The van der Waals surface area contributed by atoms with E-state index in [0.717, 1.165) is 6.20 Å². The largest absolute Gasteiger partial charge is 0.506 e. The van der Waals surface area contributed by atoms with Crippen molar-refractivity contribution in [3.63, 3.8) is 0 Å². The fourth-order valence-electron chi connectivity index (χ4n) is 1.52. The second-order valence-corrected chi connectivity index (χ2v) is 3.30. The van der Waals surface area contributed by atoms with Crippen LogP contribution in [0.1, 0.15) is 20.7 Å². The van der Waals surface area contributed by atoms with Gasteiger partial charge in [0.05, 0.1) is 11.1 Å². The molecule has 17 heavy (non-hydrogen) atoms. The molecular weight excluding hydrogens is 229 g/mol. The third-order valence-electron chi connectivity index (χ3n) is 2.31. The Morgan fingerprint density at radius 1 is 1.24 bits per heavy atom. The van der Waals surface area contributed by atoms with Crippen LogP contribution in [0, 0.1) is 0 Å². The molecule has 0 aliphatic carbocycles. The normalized spacial score (nSPS) is 10.4. The zero-order valence-corrected chi connectivity index (χ0v) is 8.35. The minimum atomic E-state index is -1.69. The second-order valence-electron chi connectivity index (χ2n) is 3.30. The molecule has 1 heterocycles. The first-order valence-electron chi connectivity index (χ1n) is 4.56. The number of hydrogen-bond acceptors (Lipinski definition) is 4. The van der Waals surface area contributed by atoms with Gasteiger partial charge in [0.1, 0.15) is 11.3 Å². The number of hydrogen-bond donors (Lipinski definition) is 2. The number of pyridine rings is 1. The minimum Gasteiger partial charge on any atom is -0.506 e. The van der Waals surface area contributed by atoms with E-state index in [2.05, 4.69) is 4.98 Å². The average molecular weight is 235 g/mol. The molecule has 1 aromatic carbocycles. The Morgan fingerprint density at radius 2 is 1.94 bits per heavy atom. The van der Waals surface area contributed by atoms with Gasteiger partial charge < -0.3 is 10.2 Å². The molecule has 86 valence electrons. The van der Waals surface area contributed by atoms with Crippen LogP contribution in [0.5, 0.6) is 5.75 Å². The molecule has 0 amide bonds. The van der Waals surface area contributed by atoms with E-state index in [0.29, 0.717) is 0 Å². The van der Waals surface area contributed by atoms with Crippen LogP contribution < -0.4 is 0 Å². The number of aromatic hydroxyl groups is 1. The summed E-state index contributed by atoms with van der Waals surface area (Å²) in [6.45, 7) is 0. The Labute approximate surface area is 94.1 Å². The summed E-state index contributed by atoms with van der Waals surface area (Å²) in [4.78, 5) is 25.1. The molecule has 5 nitrogen and oxygen atoms in total. The van der Waals surface area contributed by atoms with E-state index >= 15 is 0 Å². The number of benzene rings is 1. The summed E-state index contributed by atoms with van der Waals surface area (Å²) in [6, 6.07) is 2.21. The summed E-state index contributed by atoms with van der Waals surface area (Å²) >= 11 is 0.